The second-order valence-corrected chi connectivity index (χ2v) is 2.50. The van der Waals surface area contributed by atoms with Gasteiger partial charge in [0.25, 0.3) is 6.43 Å². The van der Waals surface area contributed by atoms with Gasteiger partial charge in [-0.2, -0.15) is 0 Å². The Morgan fingerprint density at radius 2 is 2.21 bits per heavy atom. The predicted molar refractivity (Wildman–Crippen MR) is 44.9 cm³/mol. The van der Waals surface area contributed by atoms with Crippen LogP contribution in [0.2, 0.25) is 0 Å². The Labute approximate surface area is 78.7 Å². The highest BCUT2D eigenvalue weighted by Crippen LogP contribution is 2.19. The van der Waals surface area contributed by atoms with Crippen LogP contribution < -0.4 is 5.73 Å². The number of nitrogens with zero attached hydrogens (tertiary/aromatic N) is 1. The SMILES string of the molecule is COC(=O)c1cc(N)nc(C(F)F)c1. The van der Waals surface area contributed by atoms with Gasteiger partial charge in [-0.1, -0.05) is 0 Å². The van der Waals surface area contributed by atoms with Gasteiger partial charge >= 0.3 is 5.97 Å². The van der Waals surface area contributed by atoms with Crippen LogP contribution in [0, 0.1) is 0 Å². The number of hydrogen-bond acceptors (Lipinski definition) is 4. The van der Waals surface area contributed by atoms with E-state index in [9.17, 15) is 13.6 Å². The lowest BCUT2D eigenvalue weighted by Gasteiger charge is -2.04. The van der Waals surface area contributed by atoms with Crippen molar-refractivity contribution in [2.24, 2.45) is 0 Å². The topological polar surface area (TPSA) is 65.2 Å². The largest absolute Gasteiger partial charge is 0.465 e. The van der Waals surface area contributed by atoms with Crippen molar-refractivity contribution in [2.75, 3.05) is 12.8 Å². The summed E-state index contributed by atoms with van der Waals surface area (Å²) in [6.07, 6.45) is -2.76. The molecule has 1 aromatic rings. The molecule has 0 bridgehead atoms. The Morgan fingerprint density at radius 1 is 1.57 bits per heavy atom. The molecule has 1 heterocycles. The van der Waals surface area contributed by atoms with Gasteiger partial charge in [-0.25, -0.2) is 18.6 Å². The van der Waals surface area contributed by atoms with Crippen molar-refractivity contribution in [2.45, 2.75) is 6.43 Å². The number of rotatable bonds is 2. The molecule has 0 saturated carbocycles. The molecule has 0 radical (unpaired) electrons. The van der Waals surface area contributed by atoms with Crippen molar-refractivity contribution in [3.05, 3.63) is 23.4 Å². The molecule has 4 nitrogen and oxygen atoms in total. The van der Waals surface area contributed by atoms with E-state index in [4.69, 9.17) is 5.73 Å². The first-order valence-corrected chi connectivity index (χ1v) is 3.68. The second kappa shape index (κ2) is 3.99. The summed E-state index contributed by atoms with van der Waals surface area (Å²) in [6.45, 7) is 0. The molecular formula is C8H8F2N2O2. The average Bonchev–Trinajstić information content (AvgIpc) is 2.15. The molecule has 0 aliphatic rings. The van der Waals surface area contributed by atoms with Crippen LogP contribution in [0.1, 0.15) is 22.5 Å². The molecule has 0 atom stereocenters. The molecule has 0 fully saturated rings. The van der Waals surface area contributed by atoms with Gasteiger partial charge in [0.2, 0.25) is 0 Å². The maximum atomic E-state index is 12.2. The third-order valence-electron chi connectivity index (χ3n) is 1.51. The molecule has 0 unspecified atom stereocenters. The van der Waals surface area contributed by atoms with E-state index in [-0.39, 0.29) is 11.4 Å². The van der Waals surface area contributed by atoms with Crippen molar-refractivity contribution in [3.63, 3.8) is 0 Å². The number of aromatic nitrogens is 1. The summed E-state index contributed by atoms with van der Waals surface area (Å²) in [5.41, 5.74) is 4.67. The standard InChI is InChI=1S/C8H8F2N2O2/c1-14-8(13)4-2-5(7(9)10)12-6(11)3-4/h2-3,7H,1H3,(H2,11,12). The minimum absolute atomic E-state index is 0.0321. The summed E-state index contributed by atoms with van der Waals surface area (Å²) in [6, 6.07) is 2.13. The zero-order valence-electron chi connectivity index (χ0n) is 7.33. The Bertz CT molecular complexity index is 355. The molecule has 1 rings (SSSR count). The summed E-state index contributed by atoms with van der Waals surface area (Å²) in [7, 11) is 1.15. The van der Waals surface area contributed by atoms with E-state index in [0.29, 0.717) is 0 Å². The zero-order valence-corrected chi connectivity index (χ0v) is 7.33. The minimum Gasteiger partial charge on any atom is -0.465 e. The zero-order chi connectivity index (χ0) is 10.7. The molecule has 14 heavy (non-hydrogen) atoms. The van der Waals surface area contributed by atoms with E-state index >= 15 is 0 Å². The van der Waals surface area contributed by atoms with E-state index in [2.05, 4.69) is 9.72 Å². The van der Waals surface area contributed by atoms with E-state index in [0.717, 1.165) is 13.2 Å². The Kier molecular flexibility index (Phi) is 2.95. The van der Waals surface area contributed by atoms with E-state index < -0.39 is 18.1 Å². The number of carbonyl (C=O) groups excluding carboxylic acids is 1. The van der Waals surface area contributed by atoms with Crippen LogP contribution in [0.15, 0.2) is 12.1 Å². The number of nitrogen functional groups attached to an aromatic ring is 1. The molecule has 1 aromatic heterocycles. The number of carbonyl (C=O) groups is 1. The number of halogens is 2. The summed E-state index contributed by atoms with van der Waals surface area (Å²) in [5, 5.41) is 0. The molecule has 6 heteroatoms. The number of pyridine rings is 1. The van der Waals surface area contributed by atoms with Crippen LogP contribution in [-0.2, 0) is 4.74 Å². The Balaban J connectivity index is 3.13. The van der Waals surface area contributed by atoms with Gasteiger partial charge in [0.1, 0.15) is 11.5 Å². The average molecular weight is 202 g/mol. The van der Waals surface area contributed by atoms with Crippen LogP contribution in [0.4, 0.5) is 14.6 Å². The summed E-state index contributed by atoms with van der Waals surface area (Å²) in [5.74, 6) is -0.857. The van der Waals surface area contributed by atoms with Gasteiger partial charge in [-0.15, -0.1) is 0 Å². The maximum absolute atomic E-state index is 12.2. The molecule has 2 N–H and O–H groups in total. The Hall–Kier alpha value is -1.72. The van der Waals surface area contributed by atoms with Crippen molar-refractivity contribution in [3.8, 4) is 0 Å². The number of anilines is 1. The highest BCUT2D eigenvalue weighted by molar-refractivity contribution is 5.90. The van der Waals surface area contributed by atoms with Gasteiger partial charge in [0.05, 0.1) is 12.7 Å². The number of nitrogens with two attached hydrogens (primary N) is 1. The second-order valence-electron chi connectivity index (χ2n) is 2.50. The Morgan fingerprint density at radius 3 is 2.71 bits per heavy atom. The van der Waals surface area contributed by atoms with Crippen LogP contribution >= 0.6 is 0 Å². The van der Waals surface area contributed by atoms with Gasteiger partial charge in [-0.05, 0) is 12.1 Å². The van der Waals surface area contributed by atoms with E-state index in [1.165, 1.54) is 6.07 Å². The predicted octanol–water partition coefficient (Wildman–Crippen LogP) is 1.39. The number of esters is 1. The van der Waals surface area contributed by atoms with Crippen LogP contribution in [-0.4, -0.2) is 18.1 Å². The van der Waals surface area contributed by atoms with Gasteiger partial charge < -0.3 is 10.5 Å². The van der Waals surface area contributed by atoms with Crippen molar-refractivity contribution < 1.29 is 18.3 Å². The molecule has 0 amide bonds. The molecule has 0 saturated heterocycles. The van der Waals surface area contributed by atoms with Crippen molar-refractivity contribution >= 4 is 11.8 Å². The van der Waals surface area contributed by atoms with E-state index in [1.807, 2.05) is 0 Å². The smallest absolute Gasteiger partial charge is 0.338 e. The third kappa shape index (κ3) is 2.15. The lowest BCUT2D eigenvalue weighted by Crippen LogP contribution is -2.05. The first-order chi connectivity index (χ1) is 6.54. The maximum Gasteiger partial charge on any atom is 0.338 e. The summed E-state index contributed by atoms with van der Waals surface area (Å²) < 4.78 is 28.8. The van der Waals surface area contributed by atoms with Crippen molar-refractivity contribution in [1.82, 2.24) is 4.98 Å². The lowest BCUT2D eigenvalue weighted by atomic mass is 10.2. The van der Waals surface area contributed by atoms with Crippen molar-refractivity contribution in [1.29, 1.82) is 0 Å². The molecule has 0 aromatic carbocycles. The normalized spacial score (nSPS) is 10.3. The molecule has 0 spiro atoms. The van der Waals surface area contributed by atoms with Crippen LogP contribution in [0.3, 0.4) is 0 Å². The number of hydrogen-bond donors (Lipinski definition) is 1. The number of ether oxygens (including phenoxy) is 1. The van der Waals surface area contributed by atoms with Crippen LogP contribution in [0.5, 0.6) is 0 Å². The first kappa shape index (κ1) is 10.4. The fraction of sp³-hybridized carbons (Fsp3) is 0.250. The monoisotopic (exact) mass is 202 g/mol. The van der Waals surface area contributed by atoms with Gasteiger partial charge in [0.15, 0.2) is 0 Å². The fourth-order valence-corrected chi connectivity index (χ4v) is 0.921. The summed E-state index contributed by atoms with van der Waals surface area (Å²) >= 11 is 0. The summed E-state index contributed by atoms with van der Waals surface area (Å²) in [4.78, 5) is 14.4. The third-order valence-corrected chi connectivity index (χ3v) is 1.51. The molecular weight excluding hydrogens is 194 g/mol. The first-order valence-electron chi connectivity index (χ1n) is 3.68. The minimum atomic E-state index is -2.76. The van der Waals surface area contributed by atoms with Gasteiger partial charge in [0, 0.05) is 0 Å². The molecule has 0 aliphatic carbocycles. The lowest BCUT2D eigenvalue weighted by molar-refractivity contribution is 0.0600. The fourth-order valence-electron chi connectivity index (χ4n) is 0.921. The number of methoxy groups -OCH3 is 1. The highest BCUT2D eigenvalue weighted by Gasteiger charge is 2.14. The quantitative estimate of drug-likeness (QED) is 0.736. The molecule has 0 aliphatic heterocycles. The van der Waals surface area contributed by atoms with E-state index in [1.54, 1.807) is 0 Å². The highest BCUT2D eigenvalue weighted by atomic mass is 19.3. The van der Waals surface area contributed by atoms with Gasteiger partial charge in [-0.3, -0.25) is 0 Å². The molecule has 76 valence electrons. The number of alkyl halides is 2. The van der Waals surface area contributed by atoms with Crippen LogP contribution in [0.25, 0.3) is 0 Å².